The van der Waals surface area contributed by atoms with Crippen LogP contribution in [-0.4, -0.2) is 51.0 Å². The van der Waals surface area contributed by atoms with E-state index in [2.05, 4.69) is 20.2 Å². The number of para-hydroxylation sites is 1. The van der Waals surface area contributed by atoms with Crippen LogP contribution in [0.2, 0.25) is 0 Å². The van der Waals surface area contributed by atoms with Crippen LogP contribution in [0.25, 0.3) is 10.9 Å². The van der Waals surface area contributed by atoms with E-state index in [-0.39, 0.29) is 5.91 Å². The molecule has 5 rings (SSSR count). The fraction of sp³-hybridized carbons (Fsp3) is 0.267. The Kier molecular flexibility index (Phi) is 8.10. The Morgan fingerprint density at radius 1 is 1.10 bits per heavy atom. The minimum atomic E-state index is -0.537. The molecule has 2 atom stereocenters. The van der Waals surface area contributed by atoms with Crippen LogP contribution >= 0.6 is 0 Å². The molecule has 0 unspecified atom stereocenters. The number of nitrogens with one attached hydrogen (secondary N) is 2. The quantitative estimate of drug-likeness (QED) is 0.238. The number of aromatic nitrogens is 2. The summed E-state index contributed by atoms with van der Waals surface area (Å²) in [5, 5.41) is 13.3. The van der Waals surface area contributed by atoms with Crippen molar-refractivity contribution in [2.45, 2.75) is 32.5 Å². The Labute approximate surface area is 226 Å². The second kappa shape index (κ2) is 12.0. The standard InChI is InChI=1S/C30H31N5O4/c1-20-15-23(25-6-2-3-7-27(25)32-20)19-39-24-10-8-22(9-11-24)29(36)33-28-18-35(14-12-26(28)30(37)34-38)17-21-5-4-13-31-16-21/h2-11,13,15-16,26,28,38H,12,14,17-19H2,1H3,(H,33,36)(H,34,37)/t26-,28+/m0/s1. The van der Waals surface area contributed by atoms with Crippen molar-refractivity contribution < 1.29 is 19.5 Å². The largest absolute Gasteiger partial charge is 0.489 e. The molecule has 2 aromatic heterocycles. The highest BCUT2D eigenvalue weighted by molar-refractivity contribution is 5.95. The van der Waals surface area contributed by atoms with Crippen LogP contribution in [0, 0.1) is 12.8 Å². The van der Waals surface area contributed by atoms with E-state index >= 15 is 0 Å². The predicted molar refractivity (Wildman–Crippen MR) is 146 cm³/mol. The van der Waals surface area contributed by atoms with Gasteiger partial charge in [0, 0.05) is 47.7 Å². The van der Waals surface area contributed by atoms with E-state index in [9.17, 15) is 14.8 Å². The lowest BCUT2D eigenvalue weighted by atomic mass is 9.90. The maximum Gasteiger partial charge on any atom is 0.251 e. The number of ether oxygens (including phenoxy) is 1. The number of hydrogen-bond acceptors (Lipinski definition) is 7. The fourth-order valence-corrected chi connectivity index (χ4v) is 5.09. The molecular weight excluding hydrogens is 494 g/mol. The van der Waals surface area contributed by atoms with Crippen LogP contribution in [0.1, 0.15) is 33.6 Å². The molecular formula is C30H31N5O4. The Morgan fingerprint density at radius 2 is 1.92 bits per heavy atom. The van der Waals surface area contributed by atoms with Gasteiger partial charge in [0.15, 0.2) is 0 Å². The molecule has 2 aromatic carbocycles. The average molecular weight is 526 g/mol. The highest BCUT2D eigenvalue weighted by Crippen LogP contribution is 2.23. The predicted octanol–water partition coefficient (Wildman–Crippen LogP) is 3.64. The van der Waals surface area contributed by atoms with Crippen molar-refractivity contribution in [3.8, 4) is 5.75 Å². The summed E-state index contributed by atoms with van der Waals surface area (Å²) in [5.74, 6) is -0.682. The number of nitrogens with zero attached hydrogens (tertiary/aromatic N) is 3. The van der Waals surface area contributed by atoms with Gasteiger partial charge in [-0.3, -0.25) is 29.7 Å². The number of carbonyl (C=O) groups excluding carboxylic acids is 2. The summed E-state index contributed by atoms with van der Waals surface area (Å²) in [6.07, 6.45) is 4.04. The topological polar surface area (TPSA) is 117 Å². The molecule has 0 bridgehead atoms. The van der Waals surface area contributed by atoms with Gasteiger partial charge in [-0.1, -0.05) is 24.3 Å². The van der Waals surface area contributed by atoms with Crippen LogP contribution in [-0.2, 0) is 17.9 Å². The first-order valence-electron chi connectivity index (χ1n) is 12.9. The number of amides is 2. The number of fused-ring (bicyclic) bond motifs is 1. The van der Waals surface area contributed by atoms with E-state index in [1.54, 1.807) is 35.9 Å². The molecule has 0 saturated carbocycles. The lowest BCUT2D eigenvalue weighted by molar-refractivity contribution is -0.135. The number of aryl methyl sites for hydroxylation is 1. The minimum absolute atomic E-state index is 0.290. The lowest BCUT2D eigenvalue weighted by Gasteiger charge is -2.37. The van der Waals surface area contributed by atoms with Crippen molar-refractivity contribution >= 4 is 22.7 Å². The van der Waals surface area contributed by atoms with Gasteiger partial charge in [-0.15, -0.1) is 0 Å². The molecule has 0 radical (unpaired) electrons. The van der Waals surface area contributed by atoms with Crippen molar-refractivity contribution in [3.05, 3.63) is 102 Å². The number of pyridine rings is 2. The van der Waals surface area contributed by atoms with Gasteiger partial charge in [0.05, 0.1) is 17.5 Å². The second-order valence-electron chi connectivity index (χ2n) is 9.80. The molecule has 4 aromatic rings. The van der Waals surface area contributed by atoms with Crippen molar-refractivity contribution in [2.75, 3.05) is 13.1 Å². The summed E-state index contributed by atoms with van der Waals surface area (Å²) in [5.41, 5.74) is 6.16. The molecule has 0 spiro atoms. The van der Waals surface area contributed by atoms with Crippen molar-refractivity contribution in [3.63, 3.8) is 0 Å². The molecule has 3 N–H and O–H groups in total. The maximum atomic E-state index is 13.1. The van der Waals surface area contributed by atoms with Crippen LogP contribution in [0.3, 0.4) is 0 Å². The number of hydroxylamine groups is 1. The number of hydrogen-bond donors (Lipinski definition) is 3. The first-order chi connectivity index (χ1) is 19.0. The molecule has 1 aliphatic rings. The molecule has 1 aliphatic heterocycles. The molecule has 9 heteroatoms. The zero-order valence-electron chi connectivity index (χ0n) is 21.7. The zero-order chi connectivity index (χ0) is 27.2. The third-order valence-corrected chi connectivity index (χ3v) is 7.03. The Hall–Kier alpha value is -4.34. The molecule has 200 valence electrons. The van der Waals surface area contributed by atoms with E-state index in [1.165, 1.54) is 0 Å². The molecule has 39 heavy (non-hydrogen) atoms. The third kappa shape index (κ3) is 6.39. The fourth-order valence-electron chi connectivity index (χ4n) is 5.09. The highest BCUT2D eigenvalue weighted by Gasteiger charge is 2.35. The number of rotatable bonds is 8. The van der Waals surface area contributed by atoms with E-state index in [4.69, 9.17) is 4.74 Å². The normalized spacial score (nSPS) is 17.5. The first-order valence-corrected chi connectivity index (χ1v) is 12.9. The Balaban J connectivity index is 1.23. The summed E-state index contributed by atoms with van der Waals surface area (Å²) in [4.78, 5) is 36.4. The van der Waals surface area contributed by atoms with Crippen LogP contribution in [0.4, 0.5) is 0 Å². The van der Waals surface area contributed by atoms with Crippen molar-refractivity contribution in [1.29, 1.82) is 0 Å². The van der Waals surface area contributed by atoms with Crippen molar-refractivity contribution in [2.24, 2.45) is 5.92 Å². The summed E-state index contributed by atoms with van der Waals surface area (Å²) in [7, 11) is 0. The van der Waals surface area contributed by atoms with Gasteiger partial charge in [-0.2, -0.15) is 0 Å². The smallest absolute Gasteiger partial charge is 0.251 e. The van der Waals surface area contributed by atoms with Crippen LogP contribution in [0.15, 0.2) is 79.1 Å². The first kappa shape index (κ1) is 26.3. The van der Waals surface area contributed by atoms with E-state index < -0.39 is 17.9 Å². The minimum Gasteiger partial charge on any atom is -0.489 e. The lowest BCUT2D eigenvalue weighted by Crippen LogP contribution is -2.56. The van der Waals surface area contributed by atoms with E-state index in [1.807, 2.05) is 55.6 Å². The second-order valence-corrected chi connectivity index (χ2v) is 9.80. The number of benzene rings is 2. The van der Waals surface area contributed by atoms with Gasteiger partial charge in [0.1, 0.15) is 12.4 Å². The van der Waals surface area contributed by atoms with E-state index in [0.717, 1.165) is 27.7 Å². The van der Waals surface area contributed by atoms with Crippen LogP contribution in [0.5, 0.6) is 5.75 Å². The summed E-state index contributed by atoms with van der Waals surface area (Å²) in [6, 6.07) is 20.3. The number of carbonyl (C=O) groups is 2. The van der Waals surface area contributed by atoms with Gasteiger partial charge in [-0.05, 0) is 67.9 Å². The SMILES string of the molecule is Cc1cc(COc2ccc(C(=O)N[C@@H]3CN(Cc4cccnc4)CC[C@@H]3C(=O)NO)cc2)c2ccccc2n1. The molecule has 0 aliphatic carbocycles. The third-order valence-electron chi connectivity index (χ3n) is 7.03. The van der Waals surface area contributed by atoms with Gasteiger partial charge in [0.2, 0.25) is 5.91 Å². The molecule has 1 saturated heterocycles. The van der Waals surface area contributed by atoms with Gasteiger partial charge < -0.3 is 10.1 Å². The zero-order valence-corrected chi connectivity index (χ0v) is 21.7. The highest BCUT2D eigenvalue weighted by atomic mass is 16.5. The summed E-state index contributed by atoms with van der Waals surface area (Å²) < 4.78 is 6.02. The van der Waals surface area contributed by atoms with E-state index in [0.29, 0.717) is 44.0 Å². The molecule has 1 fully saturated rings. The van der Waals surface area contributed by atoms with Crippen molar-refractivity contribution in [1.82, 2.24) is 25.7 Å². The maximum absolute atomic E-state index is 13.1. The Bertz CT molecular complexity index is 1450. The Morgan fingerprint density at radius 3 is 2.69 bits per heavy atom. The average Bonchev–Trinajstić information content (AvgIpc) is 2.96. The van der Waals surface area contributed by atoms with Gasteiger partial charge in [0.25, 0.3) is 5.91 Å². The molecule has 3 heterocycles. The van der Waals surface area contributed by atoms with Gasteiger partial charge in [-0.25, -0.2) is 5.48 Å². The monoisotopic (exact) mass is 525 g/mol. The molecule has 9 nitrogen and oxygen atoms in total. The number of piperidine rings is 1. The molecule has 2 amide bonds. The van der Waals surface area contributed by atoms with Gasteiger partial charge >= 0.3 is 0 Å². The van der Waals surface area contributed by atoms with Crippen LogP contribution < -0.4 is 15.5 Å². The number of likely N-dealkylation sites (tertiary alicyclic amines) is 1. The summed E-state index contributed by atoms with van der Waals surface area (Å²) >= 11 is 0. The summed E-state index contributed by atoms with van der Waals surface area (Å²) in [6.45, 7) is 4.13.